The van der Waals surface area contributed by atoms with Gasteiger partial charge in [0.1, 0.15) is 23.2 Å². The summed E-state index contributed by atoms with van der Waals surface area (Å²) >= 11 is 0. The molecule has 2 heterocycles. The van der Waals surface area contributed by atoms with Crippen molar-refractivity contribution in [2.45, 2.75) is 19.4 Å². The van der Waals surface area contributed by atoms with Crippen LogP contribution >= 0.6 is 0 Å². The van der Waals surface area contributed by atoms with Crippen LogP contribution in [0.3, 0.4) is 0 Å². The van der Waals surface area contributed by atoms with E-state index >= 15 is 0 Å². The van der Waals surface area contributed by atoms with Gasteiger partial charge in [0, 0.05) is 0 Å². The zero-order chi connectivity index (χ0) is 19.2. The maximum absolute atomic E-state index is 13.2. The van der Waals surface area contributed by atoms with Gasteiger partial charge in [0.25, 0.3) is 0 Å². The molecule has 0 fully saturated rings. The van der Waals surface area contributed by atoms with Crippen LogP contribution in [0.1, 0.15) is 19.4 Å². The minimum atomic E-state index is -0.461. The van der Waals surface area contributed by atoms with Gasteiger partial charge in [0.15, 0.2) is 11.5 Å². The van der Waals surface area contributed by atoms with Gasteiger partial charge in [-0.3, -0.25) is 4.79 Å². The molecule has 0 saturated carbocycles. The molecule has 0 bridgehead atoms. The lowest BCUT2D eigenvalue weighted by atomic mass is 9.98. The molecule has 1 aliphatic heterocycles. The average molecular weight is 364 g/mol. The predicted octanol–water partition coefficient (Wildman–Crippen LogP) is 4.66. The van der Waals surface area contributed by atoms with Crippen LogP contribution in [0.4, 0.5) is 0 Å². The van der Waals surface area contributed by atoms with Crippen molar-refractivity contribution in [3.05, 3.63) is 58.5 Å². The molecule has 1 aromatic heterocycles. The third kappa shape index (κ3) is 2.85. The first-order valence-electron chi connectivity index (χ1n) is 8.63. The maximum atomic E-state index is 13.2. The fraction of sp³-hybridized carbons (Fsp3) is 0.227. The average Bonchev–Trinajstić information content (AvgIpc) is 2.67. The number of hydrogen-bond acceptors (Lipinski definition) is 5. The normalized spacial score (nSPS) is 14.5. The van der Waals surface area contributed by atoms with Gasteiger partial charge in [-0.1, -0.05) is 12.1 Å². The molecule has 2 aromatic carbocycles. The summed E-state index contributed by atoms with van der Waals surface area (Å²) in [5.41, 5.74) is 1.85. The van der Waals surface area contributed by atoms with Crippen LogP contribution in [0.25, 0.3) is 28.2 Å². The highest BCUT2D eigenvalue weighted by atomic mass is 16.5. The third-order valence-corrected chi connectivity index (χ3v) is 4.65. The molecule has 4 rings (SSSR count). The number of ether oxygens (including phenoxy) is 3. The zero-order valence-corrected chi connectivity index (χ0v) is 15.7. The van der Waals surface area contributed by atoms with Crippen LogP contribution in [0, 0.1) is 0 Å². The highest BCUT2D eigenvalue weighted by Crippen LogP contribution is 2.43. The minimum absolute atomic E-state index is 0.124. The Labute approximate surface area is 156 Å². The Morgan fingerprint density at radius 2 is 1.78 bits per heavy atom. The molecule has 0 N–H and O–H groups in total. The van der Waals surface area contributed by atoms with Crippen LogP contribution in [0.15, 0.2) is 51.9 Å². The van der Waals surface area contributed by atoms with E-state index in [0.29, 0.717) is 33.6 Å². The second-order valence-electron chi connectivity index (χ2n) is 6.94. The molecule has 0 radical (unpaired) electrons. The van der Waals surface area contributed by atoms with E-state index in [-0.39, 0.29) is 5.43 Å². The summed E-state index contributed by atoms with van der Waals surface area (Å²) < 4.78 is 22.6. The molecule has 0 unspecified atom stereocenters. The van der Waals surface area contributed by atoms with Gasteiger partial charge in [-0.15, -0.1) is 0 Å². The van der Waals surface area contributed by atoms with Crippen molar-refractivity contribution in [1.29, 1.82) is 0 Å². The molecule has 1 aliphatic rings. The SMILES string of the molecule is COc1ccc(-c2coc3c4c(c(OC)cc3c2=O)OC(C)(C)C=C4)cc1. The van der Waals surface area contributed by atoms with Gasteiger partial charge in [-0.2, -0.15) is 0 Å². The minimum Gasteiger partial charge on any atom is -0.497 e. The molecule has 0 amide bonds. The molecule has 0 spiro atoms. The number of benzene rings is 2. The lowest BCUT2D eigenvalue weighted by Crippen LogP contribution is -2.28. The fourth-order valence-corrected chi connectivity index (χ4v) is 3.21. The van der Waals surface area contributed by atoms with Gasteiger partial charge in [-0.05, 0) is 49.8 Å². The van der Waals surface area contributed by atoms with E-state index in [2.05, 4.69) is 0 Å². The van der Waals surface area contributed by atoms with E-state index in [4.69, 9.17) is 18.6 Å². The summed E-state index contributed by atoms with van der Waals surface area (Å²) in [5.74, 6) is 1.82. The Hall–Kier alpha value is -3.21. The second kappa shape index (κ2) is 6.20. The molecule has 0 saturated heterocycles. The van der Waals surface area contributed by atoms with Gasteiger partial charge in [0.05, 0.1) is 30.7 Å². The number of fused-ring (bicyclic) bond motifs is 3. The summed E-state index contributed by atoms with van der Waals surface area (Å²) in [7, 11) is 3.16. The maximum Gasteiger partial charge on any atom is 0.200 e. The van der Waals surface area contributed by atoms with Crippen LogP contribution in [-0.2, 0) is 0 Å². The first-order chi connectivity index (χ1) is 12.9. The number of rotatable bonds is 3. The lowest BCUT2D eigenvalue weighted by molar-refractivity contribution is 0.152. The first-order valence-corrected chi connectivity index (χ1v) is 8.63. The van der Waals surface area contributed by atoms with Crippen molar-refractivity contribution in [1.82, 2.24) is 0 Å². The highest BCUT2D eigenvalue weighted by molar-refractivity contribution is 5.93. The number of hydrogen-bond donors (Lipinski definition) is 0. The Bertz CT molecular complexity index is 1100. The highest BCUT2D eigenvalue weighted by Gasteiger charge is 2.28. The van der Waals surface area contributed by atoms with E-state index in [1.54, 1.807) is 20.3 Å². The van der Waals surface area contributed by atoms with Gasteiger partial charge in [-0.25, -0.2) is 0 Å². The van der Waals surface area contributed by atoms with E-state index in [9.17, 15) is 4.79 Å². The van der Waals surface area contributed by atoms with Crippen LogP contribution in [-0.4, -0.2) is 19.8 Å². The van der Waals surface area contributed by atoms with Crippen LogP contribution in [0.2, 0.25) is 0 Å². The van der Waals surface area contributed by atoms with E-state index < -0.39 is 5.60 Å². The second-order valence-corrected chi connectivity index (χ2v) is 6.94. The van der Waals surface area contributed by atoms with Crippen molar-refractivity contribution in [2.24, 2.45) is 0 Å². The molecule has 5 heteroatoms. The lowest BCUT2D eigenvalue weighted by Gasteiger charge is -2.29. The summed E-state index contributed by atoms with van der Waals surface area (Å²) in [6.45, 7) is 3.91. The van der Waals surface area contributed by atoms with Crippen LogP contribution in [0.5, 0.6) is 17.2 Å². The van der Waals surface area contributed by atoms with Gasteiger partial charge >= 0.3 is 0 Å². The molecular weight excluding hydrogens is 344 g/mol. The standard InChI is InChI=1S/C22H20O5/c1-22(2)10-9-15-20-16(11-18(25-4)21(15)27-22)19(23)17(12-26-20)13-5-7-14(24-3)8-6-13/h5-12H,1-4H3. The molecule has 138 valence electrons. The molecule has 5 nitrogen and oxygen atoms in total. The summed E-state index contributed by atoms with van der Waals surface area (Å²) in [6.07, 6.45) is 5.35. The van der Waals surface area contributed by atoms with Crippen molar-refractivity contribution in [3.63, 3.8) is 0 Å². The number of methoxy groups -OCH3 is 2. The summed E-state index contributed by atoms with van der Waals surface area (Å²) in [5, 5.41) is 0.451. The van der Waals surface area contributed by atoms with Crippen LogP contribution < -0.4 is 19.6 Å². The first kappa shape index (κ1) is 17.2. The smallest absolute Gasteiger partial charge is 0.200 e. The molecule has 3 aromatic rings. The van der Waals surface area contributed by atoms with Gasteiger partial charge in [0.2, 0.25) is 5.43 Å². The van der Waals surface area contributed by atoms with Crippen molar-refractivity contribution < 1.29 is 18.6 Å². The van der Waals surface area contributed by atoms with E-state index in [1.807, 2.05) is 50.3 Å². The Morgan fingerprint density at radius 1 is 1.04 bits per heavy atom. The Morgan fingerprint density at radius 3 is 2.44 bits per heavy atom. The molecule has 0 atom stereocenters. The predicted molar refractivity (Wildman–Crippen MR) is 105 cm³/mol. The third-order valence-electron chi connectivity index (χ3n) is 4.65. The Balaban J connectivity index is 1.95. The largest absolute Gasteiger partial charge is 0.497 e. The molecule has 0 aliphatic carbocycles. The van der Waals surface area contributed by atoms with Gasteiger partial charge < -0.3 is 18.6 Å². The fourth-order valence-electron chi connectivity index (χ4n) is 3.21. The quantitative estimate of drug-likeness (QED) is 0.676. The zero-order valence-electron chi connectivity index (χ0n) is 15.7. The Kier molecular flexibility index (Phi) is 3.95. The monoisotopic (exact) mass is 364 g/mol. The van der Waals surface area contributed by atoms with E-state index in [0.717, 1.165) is 11.3 Å². The van der Waals surface area contributed by atoms with E-state index in [1.165, 1.54) is 6.26 Å². The van der Waals surface area contributed by atoms with Crippen molar-refractivity contribution in [2.75, 3.05) is 14.2 Å². The van der Waals surface area contributed by atoms with Crippen molar-refractivity contribution >= 4 is 17.0 Å². The molecule has 27 heavy (non-hydrogen) atoms. The summed E-state index contributed by atoms with van der Waals surface area (Å²) in [6, 6.07) is 8.97. The molecular formula is C22H20O5. The topological polar surface area (TPSA) is 57.9 Å². The summed E-state index contributed by atoms with van der Waals surface area (Å²) in [4.78, 5) is 13.2. The van der Waals surface area contributed by atoms with Crippen molar-refractivity contribution in [3.8, 4) is 28.4 Å².